The molecular formula is C32H37F4N3O. The molecule has 3 aromatic rings. The zero-order chi connectivity index (χ0) is 29.3. The molecule has 4 rings (SSSR count). The van der Waals surface area contributed by atoms with Gasteiger partial charge in [0.05, 0.1) is 0 Å². The molecule has 0 aliphatic heterocycles. The molecule has 0 radical (unpaired) electrons. The van der Waals surface area contributed by atoms with Gasteiger partial charge in [-0.1, -0.05) is 64.1 Å². The van der Waals surface area contributed by atoms with Gasteiger partial charge < -0.3 is 5.32 Å². The molecule has 0 fully saturated rings. The fourth-order valence-electron chi connectivity index (χ4n) is 5.54. The van der Waals surface area contributed by atoms with Crippen molar-refractivity contribution in [2.75, 3.05) is 7.05 Å². The molecular weight excluding hydrogens is 518 g/mol. The number of hydrogen-bond donors (Lipinski definition) is 2. The van der Waals surface area contributed by atoms with Gasteiger partial charge in [-0.3, -0.25) is 15.1 Å². The lowest BCUT2D eigenvalue weighted by Crippen LogP contribution is -2.38. The lowest BCUT2D eigenvalue weighted by molar-refractivity contribution is -0.141. The predicted octanol–water partition coefficient (Wildman–Crippen LogP) is 7.34. The summed E-state index contributed by atoms with van der Waals surface area (Å²) < 4.78 is 52.7. The quantitative estimate of drug-likeness (QED) is 0.286. The summed E-state index contributed by atoms with van der Waals surface area (Å²) in [4.78, 5) is 16.6. The standard InChI is InChI=1S/C32H37F4N3O/c1-30(2)16-17-31(3,4)25-18-22(10-13-24(25)30)26(14-6-20-7-15-27(38-19-20)32(34,35)36)39-28(29(40)37-5)21-8-11-23(33)12-9-21/h7-13,15,18-19,26,28,39H,6,14,16-17H2,1-5H3,(H,37,40). The predicted molar refractivity (Wildman–Crippen MR) is 148 cm³/mol. The fraction of sp³-hybridized carbons (Fsp3) is 0.438. The van der Waals surface area contributed by atoms with Crippen molar-refractivity contribution >= 4 is 5.91 Å². The smallest absolute Gasteiger partial charge is 0.358 e. The molecule has 0 bridgehead atoms. The van der Waals surface area contributed by atoms with Crippen LogP contribution in [0.15, 0.2) is 60.8 Å². The minimum Gasteiger partial charge on any atom is -0.358 e. The van der Waals surface area contributed by atoms with Crippen molar-refractivity contribution in [2.45, 2.75) is 82.5 Å². The van der Waals surface area contributed by atoms with E-state index in [1.807, 2.05) is 0 Å². The Morgan fingerprint density at radius 2 is 1.55 bits per heavy atom. The Bertz CT molecular complexity index is 1330. The topological polar surface area (TPSA) is 54.0 Å². The van der Waals surface area contributed by atoms with Gasteiger partial charge in [-0.25, -0.2) is 4.39 Å². The summed E-state index contributed by atoms with van der Waals surface area (Å²) in [5, 5.41) is 6.17. The van der Waals surface area contributed by atoms with E-state index in [1.165, 1.54) is 35.5 Å². The Hall–Kier alpha value is -3.26. The molecule has 2 aromatic carbocycles. The highest BCUT2D eigenvalue weighted by atomic mass is 19.4. The minimum atomic E-state index is -4.50. The number of likely N-dealkylation sites (N-methyl/N-ethyl adjacent to an activating group) is 1. The third-order valence-electron chi connectivity index (χ3n) is 8.20. The van der Waals surface area contributed by atoms with E-state index in [0.29, 0.717) is 24.0 Å². The number of carbonyl (C=O) groups is 1. The first-order valence-electron chi connectivity index (χ1n) is 13.6. The Labute approximate surface area is 233 Å². The lowest BCUT2D eigenvalue weighted by atomic mass is 9.63. The summed E-state index contributed by atoms with van der Waals surface area (Å²) in [5.41, 5.74) is 3.92. The number of aryl methyl sites for hydroxylation is 1. The van der Waals surface area contributed by atoms with Crippen molar-refractivity contribution in [3.63, 3.8) is 0 Å². The maximum atomic E-state index is 13.7. The zero-order valence-electron chi connectivity index (χ0n) is 23.6. The summed E-state index contributed by atoms with van der Waals surface area (Å²) in [5.74, 6) is -0.669. The molecule has 2 N–H and O–H groups in total. The van der Waals surface area contributed by atoms with Crippen LogP contribution in [-0.4, -0.2) is 17.9 Å². The maximum Gasteiger partial charge on any atom is 0.433 e. The van der Waals surface area contributed by atoms with Crippen molar-refractivity contribution < 1.29 is 22.4 Å². The van der Waals surface area contributed by atoms with Gasteiger partial charge >= 0.3 is 6.18 Å². The molecule has 4 nitrogen and oxygen atoms in total. The monoisotopic (exact) mass is 555 g/mol. The van der Waals surface area contributed by atoms with E-state index in [9.17, 15) is 22.4 Å². The van der Waals surface area contributed by atoms with Crippen LogP contribution < -0.4 is 10.6 Å². The van der Waals surface area contributed by atoms with Gasteiger partial charge in [0, 0.05) is 19.3 Å². The number of alkyl halides is 3. The van der Waals surface area contributed by atoms with Gasteiger partial charge in [0.25, 0.3) is 0 Å². The van der Waals surface area contributed by atoms with Crippen LogP contribution in [0.2, 0.25) is 0 Å². The Morgan fingerprint density at radius 3 is 2.12 bits per heavy atom. The molecule has 0 spiro atoms. The first kappa shape index (κ1) is 29.7. The summed E-state index contributed by atoms with van der Waals surface area (Å²) in [6.07, 6.45) is -0.166. The highest BCUT2D eigenvalue weighted by molar-refractivity contribution is 5.83. The van der Waals surface area contributed by atoms with Crippen LogP contribution in [0.25, 0.3) is 0 Å². The average Bonchev–Trinajstić information content (AvgIpc) is 2.91. The number of pyridine rings is 1. The molecule has 1 heterocycles. The third kappa shape index (κ3) is 6.54. The van der Waals surface area contributed by atoms with Crippen molar-refractivity contribution in [2.24, 2.45) is 0 Å². The van der Waals surface area contributed by atoms with Gasteiger partial charge in [0.15, 0.2) is 0 Å². The summed E-state index contributed by atoms with van der Waals surface area (Å²) in [6, 6.07) is 13.6. The second kappa shape index (κ2) is 11.3. The normalized spacial score (nSPS) is 17.5. The molecule has 1 amide bonds. The molecule has 40 heavy (non-hydrogen) atoms. The van der Waals surface area contributed by atoms with Crippen molar-refractivity contribution in [1.29, 1.82) is 0 Å². The zero-order valence-corrected chi connectivity index (χ0v) is 23.6. The summed E-state index contributed by atoms with van der Waals surface area (Å²) in [7, 11) is 1.55. The van der Waals surface area contributed by atoms with Gasteiger partial charge in [-0.2, -0.15) is 13.2 Å². The largest absolute Gasteiger partial charge is 0.433 e. The number of halogens is 4. The molecule has 214 valence electrons. The first-order valence-corrected chi connectivity index (χ1v) is 13.6. The maximum absolute atomic E-state index is 13.7. The van der Waals surface area contributed by atoms with Crippen LogP contribution in [0.5, 0.6) is 0 Å². The lowest BCUT2D eigenvalue weighted by Gasteiger charge is -2.42. The van der Waals surface area contributed by atoms with Gasteiger partial charge in [-0.05, 0) is 82.5 Å². The molecule has 1 aliphatic carbocycles. The fourth-order valence-corrected chi connectivity index (χ4v) is 5.54. The highest BCUT2D eigenvalue weighted by Gasteiger charge is 2.37. The van der Waals surface area contributed by atoms with Crippen molar-refractivity contribution in [3.05, 3.63) is 100 Å². The van der Waals surface area contributed by atoms with E-state index in [2.05, 4.69) is 61.5 Å². The van der Waals surface area contributed by atoms with E-state index in [1.54, 1.807) is 19.2 Å². The second-order valence-electron chi connectivity index (χ2n) is 12.0. The number of nitrogens with one attached hydrogen (secondary N) is 2. The van der Waals surface area contributed by atoms with Gasteiger partial charge in [0.1, 0.15) is 17.6 Å². The molecule has 0 saturated heterocycles. The number of rotatable bonds is 8. The van der Waals surface area contributed by atoms with Crippen LogP contribution in [-0.2, 0) is 28.2 Å². The number of benzene rings is 2. The summed E-state index contributed by atoms with van der Waals surface area (Å²) in [6.45, 7) is 8.99. The van der Waals surface area contributed by atoms with Crippen LogP contribution in [0, 0.1) is 5.82 Å². The number of carbonyl (C=O) groups excluding carboxylic acids is 1. The van der Waals surface area contributed by atoms with E-state index in [4.69, 9.17) is 0 Å². The molecule has 2 unspecified atom stereocenters. The number of amides is 1. The van der Waals surface area contributed by atoms with E-state index in [0.717, 1.165) is 24.5 Å². The van der Waals surface area contributed by atoms with Crippen LogP contribution in [0.1, 0.15) is 92.6 Å². The van der Waals surface area contributed by atoms with Crippen LogP contribution >= 0.6 is 0 Å². The van der Waals surface area contributed by atoms with Gasteiger partial charge in [-0.15, -0.1) is 0 Å². The molecule has 1 aliphatic rings. The first-order chi connectivity index (χ1) is 18.7. The Morgan fingerprint density at radius 1 is 0.925 bits per heavy atom. The Kier molecular flexibility index (Phi) is 8.41. The van der Waals surface area contributed by atoms with E-state index in [-0.39, 0.29) is 22.8 Å². The number of fused-ring (bicyclic) bond motifs is 1. The molecule has 8 heteroatoms. The summed E-state index contributed by atoms with van der Waals surface area (Å²) >= 11 is 0. The highest BCUT2D eigenvalue weighted by Crippen LogP contribution is 2.46. The second-order valence-corrected chi connectivity index (χ2v) is 12.0. The van der Waals surface area contributed by atoms with E-state index >= 15 is 0 Å². The van der Waals surface area contributed by atoms with Crippen LogP contribution in [0.4, 0.5) is 17.6 Å². The number of hydrogen-bond acceptors (Lipinski definition) is 3. The van der Waals surface area contributed by atoms with Gasteiger partial charge in [0.2, 0.25) is 5.91 Å². The molecule has 1 aromatic heterocycles. The SMILES string of the molecule is CNC(=O)C(NC(CCc1ccc(C(F)(F)F)nc1)c1ccc2c(c1)C(C)(C)CCC2(C)C)c1ccc(F)cc1. The van der Waals surface area contributed by atoms with Crippen LogP contribution in [0.3, 0.4) is 0 Å². The molecule has 0 saturated carbocycles. The number of aromatic nitrogens is 1. The minimum absolute atomic E-state index is 0.0279. The molecule has 2 atom stereocenters. The van der Waals surface area contributed by atoms with Crippen molar-refractivity contribution in [1.82, 2.24) is 15.6 Å². The Balaban J connectivity index is 1.71. The number of nitrogens with zero attached hydrogens (tertiary/aromatic N) is 1. The van der Waals surface area contributed by atoms with E-state index < -0.39 is 23.7 Å². The third-order valence-corrected chi connectivity index (χ3v) is 8.20. The van der Waals surface area contributed by atoms with Crippen molar-refractivity contribution in [3.8, 4) is 0 Å². The average molecular weight is 556 g/mol.